The Morgan fingerprint density at radius 2 is 1.61 bits per heavy atom. The third-order valence-corrected chi connectivity index (χ3v) is 3.89. The smallest absolute Gasteiger partial charge is 0.162 e. The Hall–Kier alpha value is -1.18. The van der Waals surface area contributed by atoms with Gasteiger partial charge < -0.3 is 0 Å². The van der Waals surface area contributed by atoms with Gasteiger partial charge in [0.05, 0.1) is 0 Å². The molecule has 0 spiro atoms. The molecule has 1 aromatic rings. The molecular formula is C16H23FO. The van der Waals surface area contributed by atoms with Crippen LogP contribution in [0.4, 0.5) is 4.39 Å². The van der Waals surface area contributed by atoms with Gasteiger partial charge in [0, 0.05) is 17.4 Å². The summed E-state index contributed by atoms with van der Waals surface area (Å²) in [6, 6.07) is 7.34. The molecule has 0 saturated heterocycles. The fraction of sp³-hybridized carbons (Fsp3) is 0.562. The molecule has 0 radical (unpaired) electrons. The maximum Gasteiger partial charge on any atom is 0.162 e. The van der Waals surface area contributed by atoms with Crippen LogP contribution in [0.15, 0.2) is 24.3 Å². The van der Waals surface area contributed by atoms with Crippen molar-refractivity contribution in [3.63, 3.8) is 0 Å². The molecule has 0 fully saturated rings. The minimum atomic E-state index is -1.30. The number of Topliss-reactive ketones (excluding diaryl/α,β-unsaturated/α-hetero) is 1. The molecule has 100 valence electrons. The minimum absolute atomic E-state index is 0.154. The SMILES string of the molecule is CCCC(=O)c1ccc(C(C)(C)C(C)(C)F)cc1. The van der Waals surface area contributed by atoms with E-state index in [0.717, 1.165) is 12.0 Å². The highest BCUT2D eigenvalue weighted by molar-refractivity contribution is 5.96. The predicted molar refractivity (Wildman–Crippen MR) is 73.9 cm³/mol. The van der Waals surface area contributed by atoms with Crippen LogP contribution in [0, 0.1) is 0 Å². The fourth-order valence-corrected chi connectivity index (χ4v) is 1.79. The Balaban J connectivity index is 3.00. The maximum atomic E-state index is 14.2. The lowest BCUT2D eigenvalue weighted by atomic mass is 9.73. The Morgan fingerprint density at radius 3 is 2.00 bits per heavy atom. The van der Waals surface area contributed by atoms with E-state index in [1.165, 1.54) is 0 Å². The highest BCUT2D eigenvalue weighted by atomic mass is 19.1. The van der Waals surface area contributed by atoms with Gasteiger partial charge in [-0.15, -0.1) is 0 Å². The Morgan fingerprint density at radius 1 is 1.11 bits per heavy atom. The molecular weight excluding hydrogens is 227 g/mol. The number of carbonyl (C=O) groups excluding carboxylic acids is 1. The summed E-state index contributed by atoms with van der Waals surface area (Å²) in [6.07, 6.45) is 1.42. The zero-order valence-electron chi connectivity index (χ0n) is 12.0. The number of benzene rings is 1. The van der Waals surface area contributed by atoms with E-state index in [1.807, 2.05) is 32.9 Å². The van der Waals surface area contributed by atoms with Crippen LogP contribution in [-0.4, -0.2) is 11.5 Å². The van der Waals surface area contributed by atoms with Gasteiger partial charge >= 0.3 is 0 Å². The van der Waals surface area contributed by atoms with Crippen molar-refractivity contribution in [1.82, 2.24) is 0 Å². The zero-order chi connectivity index (χ0) is 14.0. The molecule has 2 heteroatoms. The topological polar surface area (TPSA) is 17.1 Å². The van der Waals surface area contributed by atoms with Gasteiger partial charge in [-0.1, -0.05) is 45.0 Å². The molecule has 0 aliphatic heterocycles. The lowest BCUT2D eigenvalue weighted by molar-refractivity contribution is 0.0981. The van der Waals surface area contributed by atoms with Crippen LogP contribution < -0.4 is 0 Å². The van der Waals surface area contributed by atoms with Crippen molar-refractivity contribution in [2.45, 2.75) is 58.5 Å². The number of hydrogen-bond donors (Lipinski definition) is 0. The van der Waals surface area contributed by atoms with Crippen LogP contribution in [0.25, 0.3) is 0 Å². The van der Waals surface area contributed by atoms with Gasteiger partial charge in [-0.2, -0.15) is 0 Å². The number of rotatable bonds is 5. The second-order valence-corrected chi connectivity index (χ2v) is 5.85. The quantitative estimate of drug-likeness (QED) is 0.692. The Kier molecular flexibility index (Phi) is 4.31. The monoisotopic (exact) mass is 250 g/mol. The van der Waals surface area contributed by atoms with E-state index in [0.29, 0.717) is 12.0 Å². The number of ketones is 1. The van der Waals surface area contributed by atoms with Crippen molar-refractivity contribution in [1.29, 1.82) is 0 Å². The third kappa shape index (κ3) is 2.98. The molecule has 0 unspecified atom stereocenters. The van der Waals surface area contributed by atoms with Crippen molar-refractivity contribution >= 4 is 5.78 Å². The van der Waals surface area contributed by atoms with E-state index in [9.17, 15) is 9.18 Å². The Bertz CT molecular complexity index is 410. The van der Waals surface area contributed by atoms with E-state index in [-0.39, 0.29) is 5.78 Å². The summed E-state index contributed by atoms with van der Waals surface area (Å²) in [5, 5.41) is 0. The van der Waals surface area contributed by atoms with Gasteiger partial charge in [0.25, 0.3) is 0 Å². The first-order valence-electron chi connectivity index (χ1n) is 6.53. The summed E-state index contributed by atoms with van der Waals surface area (Å²) in [5.41, 5.74) is -0.238. The van der Waals surface area contributed by atoms with Gasteiger partial charge in [0.15, 0.2) is 5.78 Å². The zero-order valence-corrected chi connectivity index (χ0v) is 12.0. The molecule has 0 aliphatic carbocycles. The van der Waals surface area contributed by atoms with E-state index < -0.39 is 11.1 Å². The molecule has 0 atom stereocenters. The summed E-state index contributed by atoms with van der Waals surface area (Å²) in [5.74, 6) is 0.154. The van der Waals surface area contributed by atoms with Gasteiger partial charge in [-0.3, -0.25) is 4.79 Å². The van der Waals surface area contributed by atoms with Crippen molar-refractivity contribution in [3.8, 4) is 0 Å². The molecule has 18 heavy (non-hydrogen) atoms. The van der Waals surface area contributed by atoms with E-state index >= 15 is 0 Å². The van der Waals surface area contributed by atoms with Crippen LogP contribution in [0.1, 0.15) is 63.4 Å². The second kappa shape index (κ2) is 5.21. The molecule has 0 amide bonds. The van der Waals surface area contributed by atoms with Crippen LogP contribution in [-0.2, 0) is 5.41 Å². The van der Waals surface area contributed by atoms with Crippen LogP contribution in [0.5, 0.6) is 0 Å². The largest absolute Gasteiger partial charge is 0.294 e. The first-order chi connectivity index (χ1) is 8.20. The van der Waals surface area contributed by atoms with E-state index in [2.05, 4.69) is 0 Å². The van der Waals surface area contributed by atoms with Gasteiger partial charge in [0.2, 0.25) is 0 Å². The molecule has 0 N–H and O–H groups in total. The normalized spacial score (nSPS) is 12.6. The van der Waals surface area contributed by atoms with Crippen molar-refractivity contribution in [3.05, 3.63) is 35.4 Å². The molecule has 0 aromatic heterocycles. The molecule has 0 bridgehead atoms. The second-order valence-electron chi connectivity index (χ2n) is 5.85. The first-order valence-corrected chi connectivity index (χ1v) is 6.53. The highest BCUT2D eigenvalue weighted by Crippen LogP contribution is 2.37. The lowest BCUT2D eigenvalue weighted by Crippen LogP contribution is -2.38. The van der Waals surface area contributed by atoms with Crippen LogP contribution in [0.2, 0.25) is 0 Å². The molecule has 0 aliphatic rings. The lowest BCUT2D eigenvalue weighted by Gasteiger charge is -2.35. The molecule has 1 rings (SSSR count). The summed E-state index contributed by atoms with van der Waals surface area (Å²) >= 11 is 0. The average Bonchev–Trinajstić information content (AvgIpc) is 2.28. The number of halogens is 1. The minimum Gasteiger partial charge on any atom is -0.294 e. The van der Waals surface area contributed by atoms with Gasteiger partial charge in [-0.25, -0.2) is 4.39 Å². The number of carbonyl (C=O) groups is 1. The average molecular weight is 250 g/mol. The summed E-state index contributed by atoms with van der Waals surface area (Å²) in [4.78, 5) is 11.7. The number of alkyl halides is 1. The molecule has 0 saturated carbocycles. The first kappa shape index (κ1) is 14.9. The van der Waals surface area contributed by atoms with Crippen molar-refractivity contribution < 1.29 is 9.18 Å². The van der Waals surface area contributed by atoms with Crippen LogP contribution in [0.3, 0.4) is 0 Å². The van der Waals surface area contributed by atoms with Crippen molar-refractivity contribution in [2.75, 3.05) is 0 Å². The van der Waals surface area contributed by atoms with Crippen LogP contribution >= 0.6 is 0 Å². The number of hydrogen-bond acceptors (Lipinski definition) is 1. The summed E-state index contributed by atoms with van der Waals surface area (Å²) in [7, 11) is 0. The van der Waals surface area contributed by atoms with Gasteiger partial charge in [0.1, 0.15) is 5.67 Å². The van der Waals surface area contributed by atoms with E-state index in [4.69, 9.17) is 0 Å². The third-order valence-electron chi connectivity index (χ3n) is 3.89. The summed E-state index contributed by atoms with van der Waals surface area (Å²) < 4.78 is 14.2. The van der Waals surface area contributed by atoms with Gasteiger partial charge in [-0.05, 0) is 25.8 Å². The molecule has 1 nitrogen and oxygen atoms in total. The summed E-state index contributed by atoms with van der Waals surface area (Å²) in [6.45, 7) is 8.93. The van der Waals surface area contributed by atoms with Crippen molar-refractivity contribution in [2.24, 2.45) is 0 Å². The highest BCUT2D eigenvalue weighted by Gasteiger charge is 2.38. The Labute approximate surface area is 109 Å². The molecule has 1 aromatic carbocycles. The maximum absolute atomic E-state index is 14.2. The molecule has 0 heterocycles. The standard InChI is InChI=1S/C16H23FO/c1-6-7-14(18)12-8-10-13(11-9-12)15(2,3)16(4,5)17/h8-11H,6-7H2,1-5H3. The predicted octanol–water partition coefficient (Wildman–Crippen LogP) is 4.70. The fourth-order valence-electron chi connectivity index (χ4n) is 1.79. The van der Waals surface area contributed by atoms with E-state index in [1.54, 1.807) is 26.0 Å².